The van der Waals surface area contributed by atoms with Crippen LogP contribution in [0.1, 0.15) is 6.92 Å². The van der Waals surface area contributed by atoms with E-state index in [2.05, 4.69) is 15.0 Å². The van der Waals surface area contributed by atoms with E-state index < -0.39 is 10.0 Å². The maximum absolute atomic E-state index is 12.4. The Bertz CT molecular complexity index is 718. The minimum atomic E-state index is -3.62. The van der Waals surface area contributed by atoms with Crippen LogP contribution in [0.25, 0.3) is 0 Å². The molecule has 1 heterocycles. The molecule has 0 saturated carbocycles. The third-order valence-corrected chi connectivity index (χ3v) is 4.83. The summed E-state index contributed by atoms with van der Waals surface area (Å²) in [7, 11) is -3.62. The van der Waals surface area contributed by atoms with Gasteiger partial charge in [0.1, 0.15) is 5.82 Å². The van der Waals surface area contributed by atoms with Crippen molar-refractivity contribution in [2.75, 3.05) is 22.8 Å². The monoisotopic (exact) mass is 323 g/mol. The molecule has 0 radical (unpaired) electrons. The van der Waals surface area contributed by atoms with Crippen molar-refractivity contribution in [3.63, 3.8) is 0 Å². The molecule has 112 valence electrons. The van der Waals surface area contributed by atoms with Gasteiger partial charge in [-0.3, -0.25) is 4.72 Å². The third kappa shape index (κ3) is 4.12. The topological polar surface area (TPSA) is 71.1 Å². The number of aromatic nitrogens is 1. The fraction of sp³-hybridized carbons (Fsp3) is 0.214. The van der Waals surface area contributed by atoms with Crippen LogP contribution in [0.3, 0.4) is 0 Å². The lowest BCUT2D eigenvalue weighted by Gasteiger charge is -2.10. The quantitative estimate of drug-likeness (QED) is 0.800. The second kappa shape index (κ2) is 6.82. The van der Waals surface area contributed by atoms with Crippen LogP contribution in [0.5, 0.6) is 0 Å². The highest BCUT2D eigenvalue weighted by Crippen LogP contribution is 2.22. The number of rotatable bonds is 6. The van der Waals surface area contributed by atoms with Gasteiger partial charge in [0, 0.05) is 29.4 Å². The van der Waals surface area contributed by atoms with E-state index in [4.69, 9.17) is 0 Å². The Hall–Kier alpha value is -1.73. The van der Waals surface area contributed by atoms with E-state index in [-0.39, 0.29) is 4.90 Å². The minimum absolute atomic E-state index is 0.183. The molecule has 1 aromatic heterocycles. The van der Waals surface area contributed by atoms with Gasteiger partial charge in [0.05, 0.1) is 4.90 Å². The smallest absolute Gasteiger partial charge is 0.262 e. The molecule has 0 aliphatic rings. The van der Waals surface area contributed by atoms with E-state index in [9.17, 15) is 8.42 Å². The average Bonchev–Trinajstić information content (AvgIpc) is 2.48. The Kier molecular flexibility index (Phi) is 5.08. The predicted octanol–water partition coefficient (Wildman–Crippen LogP) is 3.04. The van der Waals surface area contributed by atoms with Gasteiger partial charge in [-0.05, 0) is 37.4 Å². The first kappa shape index (κ1) is 15.7. The van der Waals surface area contributed by atoms with Gasteiger partial charge >= 0.3 is 0 Å². The maximum atomic E-state index is 12.4. The molecule has 2 N–H and O–H groups in total. The SMILES string of the molecule is CCNc1cc(S(=O)(=O)Nc2cccc(SC)c2)ccn1. The van der Waals surface area contributed by atoms with Crippen molar-refractivity contribution >= 4 is 33.3 Å². The molecule has 0 saturated heterocycles. The molecule has 0 bridgehead atoms. The first-order valence-electron chi connectivity index (χ1n) is 6.42. The van der Waals surface area contributed by atoms with Gasteiger partial charge in [-0.15, -0.1) is 11.8 Å². The molecular weight excluding hydrogens is 306 g/mol. The molecule has 2 aromatic rings. The summed E-state index contributed by atoms with van der Waals surface area (Å²) >= 11 is 1.56. The minimum Gasteiger partial charge on any atom is -0.370 e. The molecular formula is C14H17N3O2S2. The summed E-state index contributed by atoms with van der Waals surface area (Å²) in [6.07, 6.45) is 3.42. The van der Waals surface area contributed by atoms with Crippen LogP contribution in [-0.4, -0.2) is 26.2 Å². The van der Waals surface area contributed by atoms with Crippen LogP contribution < -0.4 is 10.0 Å². The van der Waals surface area contributed by atoms with Gasteiger partial charge < -0.3 is 5.32 Å². The standard InChI is InChI=1S/C14H17N3O2S2/c1-3-15-14-10-13(7-8-16-14)21(18,19)17-11-5-4-6-12(9-11)20-2/h4-10,17H,3H2,1-2H3,(H,15,16). The van der Waals surface area contributed by atoms with Crippen LogP contribution in [0.2, 0.25) is 0 Å². The lowest BCUT2D eigenvalue weighted by atomic mass is 10.3. The molecule has 0 aliphatic carbocycles. The predicted molar refractivity (Wildman–Crippen MR) is 87.4 cm³/mol. The number of pyridine rings is 1. The van der Waals surface area contributed by atoms with Crippen molar-refractivity contribution < 1.29 is 8.42 Å². The summed E-state index contributed by atoms with van der Waals surface area (Å²) in [5.41, 5.74) is 0.545. The van der Waals surface area contributed by atoms with Crippen molar-refractivity contribution in [1.29, 1.82) is 0 Å². The Morgan fingerprint density at radius 1 is 1.24 bits per heavy atom. The molecule has 7 heteroatoms. The molecule has 0 atom stereocenters. The Labute approximate surface area is 129 Å². The highest BCUT2D eigenvalue weighted by molar-refractivity contribution is 7.98. The summed E-state index contributed by atoms with van der Waals surface area (Å²) in [4.78, 5) is 5.25. The third-order valence-electron chi connectivity index (χ3n) is 2.72. The first-order valence-corrected chi connectivity index (χ1v) is 9.13. The first-order chi connectivity index (χ1) is 10.0. The summed E-state index contributed by atoms with van der Waals surface area (Å²) in [5, 5.41) is 3.00. The zero-order valence-corrected chi connectivity index (χ0v) is 13.5. The second-order valence-electron chi connectivity index (χ2n) is 4.24. The highest BCUT2D eigenvalue weighted by atomic mass is 32.2. The lowest BCUT2D eigenvalue weighted by Crippen LogP contribution is -2.13. The van der Waals surface area contributed by atoms with E-state index in [1.54, 1.807) is 23.9 Å². The molecule has 2 rings (SSSR count). The summed E-state index contributed by atoms with van der Waals surface area (Å²) in [5.74, 6) is 0.540. The summed E-state index contributed by atoms with van der Waals surface area (Å²) < 4.78 is 27.4. The van der Waals surface area contributed by atoms with E-state index >= 15 is 0 Å². The number of benzene rings is 1. The normalized spacial score (nSPS) is 11.1. The lowest BCUT2D eigenvalue weighted by molar-refractivity contribution is 0.601. The molecule has 0 spiro atoms. The largest absolute Gasteiger partial charge is 0.370 e. The summed E-state index contributed by atoms with van der Waals surface area (Å²) in [6, 6.07) is 10.3. The molecule has 0 unspecified atom stereocenters. The zero-order valence-electron chi connectivity index (χ0n) is 11.8. The molecule has 0 amide bonds. The van der Waals surface area contributed by atoms with Gasteiger partial charge in [-0.2, -0.15) is 0 Å². The fourth-order valence-electron chi connectivity index (χ4n) is 1.76. The maximum Gasteiger partial charge on any atom is 0.262 e. The van der Waals surface area contributed by atoms with E-state index in [0.29, 0.717) is 18.1 Å². The van der Waals surface area contributed by atoms with Gasteiger partial charge in [0.15, 0.2) is 0 Å². The Morgan fingerprint density at radius 3 is 2.76 bits per heavy atom. The van der Waals surface area contributed by atoms with Crippen LogP contribution in [0.15, 0.2) is 52.4 Å². The van der Waals surface area contributed by atoms with Crippen molar-refractivity contribution in [2.45, 2.75) is 16.7 Å². The van der Waals surface area contributed by atoms with Crippen LogP contribution in [0.4, 0.5) is 11.5 Å². The Balaban J connectivity index is 2.27. The van der Waals surface area contributed by atoms with Gasteiger partial charge in [-0.25, -0.2) is 13.4 Å². The Morgan fingerprint density at radius 2 is 2.05 bits per heavy atom. The number of nitrogens with one attached hydrogen (secondary N) is 2. The number of anilines is 2. The molecule has 0 aliphatic heterocycles. The second-order valence-corrected chi connectivity index (χ2v) is 6.81. The number of sulfonamides is 1. The number of hydrogen-bond acceptors (Lipinski definition) is 5. The van der Waals surface area contributed by atoms with Gasteiger partial charge in [0.2, 0.25) is 0 Å². The number of hydrogen-bond donors (Lipinski definition) is 2. The van der Waals surface area contributed by atoms with Crippen LogP contribution >= 0.6 is 11.8 Å². The van der Waals surface area contributed by atoms with E-state index in [1.807, 2.05) is 25.3 Å². The number of thioether (sulfide) groups is 1. The van der Waals surface area contributed by atoms with Crippen molar-refractivity contribution in [2.24, 2.45) is 0 Å². The van der Waals surface area contributed by atoms with Crippen molar-refractivity contribution in [3.8, 4) is 0 Å². The van der Waals surface area contributed by atoms with Gasteiger partial charge in [0.25, 0.3) is 10.0 Å². The van der Waals surface area contributed by atoms with Gasteiger partial charge in [-0.1, -0.05) is 6.07 Å². The molecule has 1 aromatic carbocycles. The van der Waals surface area contributed by atoms with Crippen LogP contribution in [-0.2, 0) is 10.0 Å². The highest BCUT2D eigenvalue weighted by Gasteiger charge is 2.15. The zero-order chi connectivity index (χ0) is 15.3. The average molecular weight is 323 g/mol. The molecule has 21 heavy (non-hydrogen) atoms. The molecule has 0 fully saturated rings. The van der Waals surface area contributed by atoms with Crippen molar-refractivity contribution in [1.82, 2.24) is 4.98 Å². The van der Waals surface area contributed by atoms with E-state index in [0.717, 1.165) is 4.90 Å². The summed E-state index contributed by atoms with van der Waals surface area (Å²) in [6.45, 7) is 2.61. The van der Waals surface area contributed by atoms with Crippen molar-refractivity contribution in [3.05, 3.63) is 42.6 Å². The fourth-order valence-corrected chi connectivity index (χ4v) is 3.28. The number of nitrogens with zero attached hydrogens (tertiary/aromatic N) is 1. The van der Waals surface area contributed by atoms with Crippen LogP contribution in [0, 0.1) is 0 Å². The van der Waals surface area contributed by atoms with E-state index in [1.165, 1.54) is 18.3 Å². The molecule has 5 nitrogen and oxygen atoms in total.